The second-order valence-electron chi connectivity index (χ2n) is 10.1. The van der Waals surface area contributed by atoms with Crippen molar-refractivity contribution in [2.75, 3.05) is 0 Å². The van der Waals surface area contributed by atoms with E-state index < -0.39 is 0 Å². The molecule has 42 heavy (non-hydrogen) atoms. The summed E-state index contributed by atoms with van der Waals surface area (Å²) in [6.45, 7) is 2.60. The van der Waals surface area contributed by atoms with Crippen molar-refractivity contribution in [3.8, 4) is 0 Å². The molecule has 6 aromatic rings. The topological polar surface area (TPSA) is 104 Å². The fourth-order valence-electron chi connectivity index (χ4n) is 5.24. The molecule has 0 fully saturated rings. The molecule has 0 spiro atoms. The van der Waals surface area contributed by atoms with Crippen LogP contribution in [0.4, 0.5) is 11.4 Å². The summed E-state index contributed by atoms with van der Waals surface area (Å²) in [5.74, 6) is 0. The van der Waals surface area contributed by atoms with Gasteiger partial charge in [-0.1, -0.05) is 24.3 Å². The van der Waals surface area contributed by atoms with Crippen LogP contribution < -0.4 is 9.13 Å². The van der Waals surface area contributed by atoms with E-state index in [1.54, 1.807) is 48.5 Å². The zero-order chi connectivity index (χ0) is 29.1. The van der Waals surface area contributed by atoms with Gasteiger partial charge in [0.05, 0.1) is 9.85 Å². The maximum Gasteiger partial charge on any atom is 0.269 e. The molecular formula is C32H28N6O4+2. The number of hydrogen-bond donors (Lipinski definition) is 0. The first-order valence-electron chi connectivity index (χ1n) is 13.5. The molecule has 0 aliphatic heterocycles. The smallest absolute Gasteiger partial charge is 0.258 e. The van der Waals surface area contributed by atoms with Gasteiger partial charge in [0.1, 0.15) is 26.2 Å². The number of aromatic nitrogens is 4. The Hall–Kier alpha value is -5.64. The van der Waals surface area contributed by atoms with Gasteiger partial charge >= 0.3 is 0 Å². The first-order valence-corrected chi connectivity index (χ1v) is 13.5. The predicted octanol–water partition coefficient (Wildman–Crippen LogP) is 5.34. The Balaban J connectivity index is 1.18. The van der Waals surface area contributed by atoms with E-state index >= 15 is 0 Å². The summed E-state index contributed by atoms with van der Waals surface area (Å²) in [7, 11) is 0. The Morgan fingerprint density at radius 1 is 0.571 bits per heavy atom. The molecule has 208 valence electrons. The first kappa shape index (κ1) is 26.6. The largest absolute Gasteiger partial charge is 0.269 e. The molecule has 10 nitrogen and oxygen atoms in total. The van der Waals surface area contributed by atoms with E-state index in [4.69, 9.17) is 0 Å². The Morgan fingerprint density at radius 3 is 1.33 bits per heavy atom. The average Bonchev–Trinajstić information content (AvgIpc) is 3.53. The minimum atomic E-state index is -0.385. The number of rotatable bonds is 10. The molecule has 2 aromatic heterocycles. The van der Waals surface area contributed by atoms with Crippen molar-refractivity contribution in [3.05, 3.63) is 153 Å². The van der Waals surface area contributed by atoms with E-state index in [-0.39, 0.29) is 21.2 Å². The van der Waals surface area contributed by atoms with Gasteiger partial charge in [-0.05, 0) is 71.8 Å². The average molecular weight is 561 g/mol. The molecular weight excluding hydrogens is 532 g/mol. The number of para-hydroxylation sites is 4. The maximum absolute atomic E-state index is 11.0. The van der Waals surface area contributed by atoms with Gasteiger partial charge in [0.2, 0.25) is 12.7 Å². The van der Waals surface area contributed by atoms with Crippen LogP contribution in [0.15, 0.2) is 122 Å². The summed E-state index contributed by atoms with van der Waals surface area (Å²) in [5, 5.41) is 22.0. The van der Waals surface area contributed by atoms with Gasteiger partial charge in [0.25, 0.3) is 11.4 Å². The van der Waals surface area contributed by atoms with E-state index in [2.05, 4.69) is 67.3 Å². The second kappa shape index (κ2) is 11.5. The van der Waals surface area contributed by atoms with Gasteiger partial charge in [0, 0.05) is 24.3 Å². The molecule has 0 N–H and O–H groups in total. The highest BCUT2D eigenvalue weighted by atomic mass is 16.6. The molecule has 6 rings (SSSR count). The summed E-state index contributed by atoms with van der Waals surface area (Å²) >= 11 is 0. The maximum atomic E-state index is 11.0. The predicted molar refractivity (Wildman–Crippen MR) is 158 cm³/mol. The second-order valence-corrected chi connectivity index (χ2v) is 10.1. The molecule has 4 aromatic carbocycles. The molecule has 0 amide bonds. The summed E-state index contributed by atoms with van der Waals surface area (Å²) in [6, 6.07) is 29.8. The standard InChI is InChI=1S/C32H28N6O4/c39-37(40)27-15-11-25(12-16-27)21-35-23-33(29-7-1-3-9-31(29)35)19-5-6-20-34-24-36(32-10-4-2-8-30(32)34)22-26-13-17-28(18-14-26)38(41)42/h1-18,23-24H,19-22H2/q+2/b6-5+. The first-order chi connectivity index (χ1) is 20.5. The number of nitro benzene ring substituents is 2. The van der Waals surface area contributed by atoms with Crippen LogP contribution in [0.3, 0.4) is 0 Å². The van der Waals surface area contributed by atoms with Crippen LogP contribution in [-0.2, 0) is 26.2 Å². The molecule has 0 atom stereocenters. The van der Waals surface area contributed by atoms with Gasteiger partial charge in [-0.15, -0.1) is 0 Å². The number of imidazole rings is 2. The van der Waals surface area contributed by atoms with E-state index in [0.29, 0.717) is 26.2 Å². The van der Waals surface area contributed by atoms with E-state index in [1.165, 1.54) is 0 Å². The highest BCUT2D eigenvalue weighted by molar-refractivity contribution is 5.72. The third-order valence-corrected chi connectivity index (χ3v) is 7.33. The van der Waals surface area contributed by atoms with Gasteiger partial charge < -0.3 is 0 Å². The fraction of sp³-hybridized carbons (Fsp3) is 0.125. The fourth-order valence-corrected chi connectivity index (χ4v) is 5.24. The van der Waals surface area contributed by atoms with Crippen molar-refractivity contribution in [3.63, 3.8) is 0 Å². The van der Waals surface area contributed by atoms with Crippen LogP contribution >= 0.6 is 0 Å². The van der Waals surface area contributed by atoms with E-state index in [1.807, 2.05) is 24.3 Å². The van der Waals surface area contributed by atoms with Crippen molar-refractivity contribution < 1.29 is 19.0 Å². The quantitative estimate of drug-likeness (QED) is 0.0976. The minimum Gasteiger partial charge on any atom is -0.258 e. The van der Waals surface area contributed by atoms with Crippen molar-refractivity contribution in [2.45, 2.75) is 26.2 Å². The third kappa shape index (κ3) is 5.50. The van der Waals surface area contributed by atoms with E-state index in [0.717, 1.165) is 33.2 Å². The molecule has 0 aliphatic rings. The molecule has 2 heterocycles. The van der Waals surface area contributed by atoms with Gasteiger partial charge in [0.15, 0.2) is 22.1 Å². The van der Waals surface area contributed by atoms with Gasteiger partial charge in [-0.2, -0.15) is 0 Å². The zero-order valence-corrected chi connectivity index (χ0v) is 22.7. The zero-order valence-electron chi connectivity index (χ0n) is 22.7. The van der Waals surface area contributed by atoms with Crippen LogP contribution in [0.2, 0.25) is 0 Å². The lowest BCUT2D eigenvalue weighted by Gasteiger charge is -1.99. The SMILES string of the molecule is O=[N+]([O-])c1ccc(C[n+]2cn(C/C=C/Cn3c[n+](Cc4ccc([N+](=O)[O-])cc4)c4ccccc43)c3ccccc32)cc1. The number of non-ortho nitro benzene ring substituents is 2. The lowest BCUT2D eigenvalue weighted by molar-refractivity contribution is -0.663. The lowest BCUT2D eigenvalue weighted by atomic mass is 10.2. The number of allylic oxidation sites excluding steroid dienone is 2. The lowest BCUT2D eigenvalue weighted by Crippen LogP contribution is -2.32. The van der Waals surface area contributed by atoms with Gasteiger partial charge in [-0.25, -0.2) is 18.3 Å². The Kier molecular flexibility index (Phi) is 7.25. The van der Waals surface area contributed by atoms with Crippen LogP contribution in [-0.4, -0.2) is 19.0 Å². The molecule has 0 aliphatic carbocycles. The molecule has 10 heteroatoms. The van der Waals surface area contributed by atoms with Crippen molar-refractivity contribution in [2.24, 2.45) is 0 Å². The summed E-state index contributed by atoms with van der Waals surface area (Å²) in [6.07, 6.45) is 8.47. The highest BCUT2D eigenvalue weighted by Crippen LogP contribution is 2.16. The van der Waals surface area contributed by atoms with Crippen LogP contribution in [0.25, 0.3) is 22.1 Å². The minimum absolute atomic E-state index is 0.0867. The molecule has 0 unspecified atom stereocenters. The number of hydrogen-bond acceptors (Lipinski definition) is 4. The van der Waals surface area contributed by atoms with Crippen LogP contribution in [0.5, 0.6) is 0 Å². The van der Waals surface area contributed by atoms with Crippen molar-refractivity contribution >= 4 is 33.4 Å². The normalized spacial score (nSPS) is 11.5. The highest BCUT2D eigenvalue weighted by Gasteiger charge is 2.17. The third-order valence-electron chi connectivity index (χ3n) is 7.33. The van der Waals surface area contributed by atoms with Crippen molar-refractivity contribution in [1.82, 2.24) is 9.13 Å². The molecule has 0 radical (unpaired) electrons. The number of nitrogens with zero attached hydrogens (tertiary/aromatic N) is 6. The van der Waals surface area contributed by atoms with Gasteiger partial charge in [-0.3, -0.25) is 20.2 Å². The summed E-state index contributed by atoms with van der Waals surface area (Å²) in [5.41, 5.74) is 6.55. The monoisotopic (exact) mass is 560 g/mol. The van der Waals surface area contributed by atoms with Crippen LogP contribution in [0, 0.1) is 20.2 Å². The Bertz CT molecular complexity index is 1800. The van der Waals surface area contributed by atoms with E-state index in [9.17, 15) is 20.2 Å². The van der Waals surface area contributed by atoms with Crippen molar-refractivity contribution in [1.29, 1.82) is 0 Å². The Morgan fingerprint density at radius 2 is 0.952 bits per heavy atom. The Labute approximate surface area is 240 Å². The number of benzene rings is 4. The molecule has 0 saturated heterocycles. The molecule has 0 saturated carbocycles. The number of nitro groups is 2. The number of fused-ring (bicyclic) bond motifs is 2. The summed E-state index contributed by atoms with van der Waals surface area (Å²) < 4.78 is 8.70. The van der Waals surface area contributed by atoms with Crippen LogP contribution in [0.1, 0.15) is 11.1 Å². The summed E-state index contributed by atoms with van der Waals surface area (Å²) in [4.78, 5) is 21.2. The molecule has 0 bridgehead atoms.